The molecule has 1 aromatic rings. The number of nitrogens with one attached hydrogen (secondary N) is 3. The van der Waals surface area contributed by atoms with Gasteiger partial charge in [-0.2, -0.15) is 10.2 Å². The van der Waals surface area contributed by atoms with Gasteiger partial charge >= 0.3 is 0 Å². The predicted molar refractivity (Wildman–Crippen MR) is 99.4 cm³/mol. The quantitative estimate of drug-likeness (QED) is 0.274. The first-order valence-electron chi connectivity index (χ1n) is 6.56. The van der Waals surface area contributed by atoms with Gasteiger partial charge in [0.1, 0.15) is 5.71 Å². The van der Waals surface area contributed by atoms with Crippen molar-refractivity contribution in [3.8, 4) is 0 Å². The van der Waals surface area contributed by atoms with Gasteiger partial charge in [-0.3, -0.25) is 26.4 Å². The summed E-state index contributed by atoms with van der Waals surface area (Å²) in [5.41, 5.74) is 16.0. The highest BCUT2D eigenvalue weighted by Gasteiger charge is 2.37. The molecule has 130 valence electrons. The van der Waals surface area contributed by atoms with E-state index in [2.05, 4.69) is 33.3 Å². The van der Waals surface area contributed by atoms with Crippen LogP contribution < -0.4 is 22.3 Å². The lowest BCUT2D eigenvalue weighted by Crippen LogP contribution is -2.31. The lowest BCUT2D eigenvalue weighted by Gasteiger charge is -2.10. The first kappa shape index (κ1) is 18.2. The number of nitrogens with zero attached hydrogens (tertiary/aromatic N) is 3. The molecule has 1 aliphatic heterocycles. The number of nitrogens with two attached hydrogens (primary N) is 2. The minimum atomic E-state index is -0.845. The zero-order valence-electron chi connectivity index (χ0n) is 12.4. The van der Waals surface area contributed by atoms with E-state index in [-0.39, 0.29) is 33.2 Å². The normalized spacial score (nSPS) is 19.5. The maximum Gasteiger partial charge on any atom is 0.269 e. The van der Waals surface area contributed by atoms with Gasteiger partial charge < -0.3 is 16.2 Å². The highest BCUT2D eigenvalue weighted by molar-refractivity contribution is 7.80. The zero-order chi connectivity index (χ0) is 18.6. The summed E-state index contributed by atoms with van der Waals surface area (Å²) in [7, 11) is 0. The van der Waals surface area contributed by atoms with Gasteiger partial charge in [-0.05, 0) is 42.1 Å². The minimum Gasteiger partial charge on any atom is -0.461 e. The third kappa shape index (κ3) is 4.42. The Morgan fingerprint density at radius 3 is 2.28 bits per heavy atom. The number of ether oxygens (including phenoxy) is 1. The van der Waals surface area contributed by atoms with Crippen molar-refractivity contribution in [2.75, 3.05) is 0 Å². The number of non-ortho nitro benzene ring substituents is 1. The first-order chi connectivity index (χ1) is 11.8. The first-order valence-corrected chi connectivity index (χ1v) is 7.37. The number of nitro benzene ring substituents is 1. The molecule has 7 N–H and O–H groups in total. The number of benzene rings is 1. The van der Waals surface area contributed by atoms with Crippen molar-refractivity contribution < 1.29 is 9.66 Å². The van der Waals surface area contributed by atoms with E-state index in [4.69, 9.17) is 33.8 Å². The van der Waals surface area contributed by atoms with Crippen molar-refractivity contribution in [2.24, 2.45) is 21.7 Å². The van der Waals surface area contributed by atoms with E-state index in [1.807, 2.05) is 0 Å². The molecule has 0 aliphatic carbocycles. The van der Waals surface area contributed by atoms with Gasteiger partial charge in [-0.25, -0.2) is 0 Å². The molecule has 13 heteroatoms. The molecular formula is C12H12N8O3S2. The van der Waals surface area contributed by atoms with Crippen LogP contribution in [0, 0.1) is 15.5 Å². The lowest BCUT2D eigenvalue weighted by atomic mass is 10.0. The third-order valence-corrected chi connectivity index (χ3v) is 3.10. The molecule has 11 nitrogen and oxygen atoms in total. The number of hydrazone groups is 2. The molecule has 0 unspecified atom stereocenters. The highest BCUT2D eigenvalue weighted by atomic mass is 32.1. The minimum absolute atomic E-state index is 0.0277. The summed E-state index contributed by atoms with van der Waals surface area (Å²) < 4.78 is 5.44. The van der Waals surface area contributed by atoms with Crippen LogP contribution in [0.2, 0.25) is 0 Å². The van der Waals surface area contributed by atoms with Gasteiger partial charge in [0.2, 0.25) is 5.90 Å². The van der Waals surface area contributed by atoms with Crippen LogP contribution in [0.15, 0.2) is 34.5 Å². The van der Waals surface area contributed by atoms with Crippen LogP contribution in [0.5, 0.6) is 0 Å². The largest absolute Gasteiger partial charge is 0.461 e. The Bertz CT molecular complexity index is 805. The Balaban J connectivity index is 2.41. The van der Waals surface area contributed by atoms with Crippen molar-refractivity contribution in [3.05, 3.63) is 39.9 Å². The smallest absolute Gasteiger partial charge is 0.269 e. The van der Waals surface area contributed by atoms with Gasteiger partial charge in [0, 0.05) is 12.1 Å². The summed E-state index contributed by atoms with van der Waals surface area (Å²) in [5, 5.41) is 26.3. The van der Waals surface area contributed by atoms with Gasteiger partial charge in [-0.1, -0.05) is 0 Å². The number of thiocarbonyl (C=S) groups is 2. The molecule has 1 atom stereocenters. The second-order valence-corrected chi connectivity index (χ2v) is 5.46. The number of nitro groups is 1. The molecule has 1 heterocycles. The Morgan fingerprint density at radius 2 is 1.76 bits per heavy atom. The number of rotatable bonds is 4. The summed E-state index contributed by atoms with van der Waals surface area (Å²) in [5.74, 6) is -0.296. The van der Waals surface area contributed by atoms with Crippen LogP contribution in [0.25, 0.3) is 0 Å². The molecule has 0 aromatic heterocycles. The van der Waals surface area contributed by atoms with Crippen LogP contribution in [0.3, 0.4) is 0 Å². The number of hydrogen-bond donors (Lipinski definition) is 5. The Morgan fingerprint density at radius 1 is 1.20 bits per heavy atom. The molecule has 0 amide bonds. The van der Waals surface area contributed by atoms with Gasteiger partial charge in [0.05, 0.1) is 4.92 Å². The molecule has 0 radical (unpaired) electrons. The molecule has 0 saturated carbocycles. The van der Waals surface area contributed by atoms with E-state index in [1.165, 1.54) is 24.3 Å². The fraction of sp³-hybridized carbons (Fsp3) is 0.0833. The summed E-state index contributed by atoms with van der Waals surface area (Å²) in [6.45, 7) is 0. The highest BCUT2D eigenvalue weighted by Crippen LogP contribution is 2.27. The van der Waals surface area contributed by atoms with E-state index in [0.29, 0.717) is 5.56 Å². The van der Waals surface area contributed by atoms with Crippen molar-refractivity contribution in [2.45, 2.75) is 6.10 Å². The third-order valence-electron chi connectivity index (χ3n) is 2.91. The van der Waals surface area contributed by atoms with Crippen molar-refractivity contribution in [1.29, 1.82) is 5.41 Å². The van der Waals surface area contributed by atoms with Gasteiger partial charge in [-0.15, -0.1) is 0 Å². The molecule has 0 spiro atoms. The summed E-state index contributed by atoms with van der Waals surface area (Å²) >= 11 is 9.36. The molecule has 1 aromatic carbocycles. The van der Waals surface area contributed by atoms with Crippen LogP contribution >= 0.6 is 24.4 Å². The molecule has 1 aliphatic rings. The van der Waals surface area contributed by atoms with E-state index in [0.717, 1.165) is 0 Å². The van der Waals surface area contributed by atoms with E-state index in [9.17, 15) is 10.1 Å². The van der Waals surface area contributed by atoms with E-state index >= 15 is 0 Å². The van der Waals surface area contributed by atoms with Crippen molar-refractivity contribution in [3.63, 3.8) is 0 Å². The molecule has 1 saturated heterocycles. The van der Waals surface area contributed by atoms with Crippen LogP contribution in [-0.2, 0) is 4.74 Å². The lowest BCUT2D eigenvalue weighted by molar-refractivity contribution is -0.384. The maximum absolute atomic E-state index is 10.8. The molecular weight excluding hydrogens is 368 g/mol. The van der Waals surface area contributed by atoms with E-state index < -0.39 is 11.0 Å². The second-order valence-electron chi connectivity index (χ2n) is 4.59. The van der Waals surface area contributed by atoms with Crippen molar-refractivity contribution >= 4 is 57.7 Å². The monoisotopic (exact) mass is 380 g/mol. The van der Waals surface area contributed by atoms with E-state index in [1.54, 1.807) is 0 Å². The maximum atomic E-state index is 10.8. The SMILES string of the molecule is N=C1O[C@H](c2ccc([N+](=O)[O-])cc2)C(=N/NC(N)=S)/C1=N\NC(N)=S. The summed E-state index contributed by atoms with van der Waals surface area (Å²) in [6, 6.07) is 5.58. The fourth-order valence-electron chi connectivity index (χ4n) is 1.91. The summed E-state index contributed by atoms with van der Waals surface area (Å²) in [4.78, 5) is 10.2. The second kappa shape index (κ2) is 7.59. The Hall–Kier alpha value is -3.19. The topological polar surface area (TPSA) is 177 Å². The van der Waals surface area contributed by atoms with Crippen LogP contribution in [-0.4, -0.2) is 32.5 Å². The van der Waals surface area contributed by atoms with Gasteiger partial charge in [0.25, 0.3) is 5.69 Å². The van der Waals surface area contributed by atoms with Crippen LogP contribution in [0.4, 0.5) is 5.69 Å². The standard InChI is InChI=1S/C12H12N8O3S2/c13-10-8(17-19-12(15)25)7(16-18-11(14)24)9(23-10)5-1-3-6(4-2-5)20(21)22/h1-4,9,13H,(H3,14,18,24)(H3,15,19,25)/b13-10?,16-7+,17-8+/t9-/m1/s1. The average Bonchev–Trinajstić information content (AvgIpc) is 2.86. The Kier molecular flexibility index (Phi) is 5.51. The van der Waals surface area contributed by atoms with Crippen LogP contribution in [0.1, 0.15) is 11.7 Å². The summed E-state index contributed by atoms with van der Waals surface area (Å²) in [6.07, 6.45) is -0.845. The molecule has 0 bridgehead atoms. The Labute approximate surface area is 151 Å². The molecule has 1 fully saturated rings. The van der Waals surface area contributed by atoms with Gasteiger partial charge in [0.15, 0.2) is 22.0 Å². The zero-order valence-corrected chi connectivity index (χ0v) is 14.1. The number of hydrogen-bond acceptors (Lipinski definition) is 8. The predicted octanol–water partition coefficient (Wildman–Crippen LogP) is 0.0218. The molecule has 25 heavy (non-hydrogen) atoms. The van der Waals surface area contributed by atoms with Crippen molar-refractivity contribution in [1.82, 2.24) is 10.9 Å². The molecule has 2 rings (SSSR count). The average molecular weight is 380 g/mol. The fourth-order valence-corrected chi connectivity index (χ4v) is 2.00.